The molecule has 164 valence electrons. The molecule has 2 aromatic carbocycles. The van der Waals surface area contributed by atoms with Crippen molar-refractivity contribution in [3.05, 3.63) is 77.3 Å². The van der Waals surface area contributed by atoms with Gasteiger partial charge in [-0.05, 0) is 42.7 Å². The molecule has 0 radical (unpaired) electrons. The Hall–Kier alpha value is -3.45. The molecular weight excluding hydrogens is 430 g/mol. The van der Waals surface area contributed by atoms with Crippen molar-refractivity contribution in [3.63, 3.8) is 0 Å². The lowest BCUT2D eigenvalue weighted by molar-refractivity contribution is -0.126. The first-order chi connectivity index (χ1) is 15.5. The van der Waals surface area contributed by atoms with E-state index in [1.807, 2.05) is 24.3 Å². The van der Waals surface area contributed by atoms with Crippen LogP contribution in [-0.4, -0.2) is 28.8 Å². The molecule has 1 N–H and O–H groups in total. The van der Waals surface area contributed by atoms with Crippen LogP contribution >= 0.6 is 11.6 Å². The third-order valence-electron chi connectivity index (χ3n) is 5.46. The van der Waals surface area contributed by atoms with Crippen molar-refractivity contribution in [2.75, 3.05) is 7.11 Å². The van der Waals surface area contributed by atoms with Crippen LogP contribution in [0.5, 0.6) is 17.2 Å². The van der Waals surface area contributed by atoms with E-state index in [4.69, 9.17) is 21.1 Å². The normalized spacial score (nSPS) is 13.8. The van der Waals surface area contributed by atoms with Gasteiger partial charge in [0.15, 0.2) is 5.78 Å². The molecule has 0 unspecified atom stereocenters. The molecule has 1 aliphatic carbocycles. The second-order valence-electron chi connectivity index (χ2n) is 7.73. The molecule has 0 bridgehead atoms. The summed E-state index contributed by atoms with van der Waals surface area (Å²) >= 11 is 6.21. The van der Waals surface area contributed by atoms with Crippen LogP contribution in [0.25, 0.3) is 0 Å². The van der Waals surface area contributed by atoms with E-state index >= 15 is 0 Å². The number of rotatable bonds is 9. The number of carbonyl (C=O) groups excluding carboxylic acids is 2. The van der Waals surface area contributed by atoms with Gasteiger partial charge in [0, 0.05) is 31.4 Å². The summed E-state index contributed by atoms with van der Waals surface area (Å²) < 4.78 is 11.0. The Bertz CT molecular complexity index is 1120. The molecule has 0 spiro atoms. The van der Waals surface area contributed by atoms with Crippen LogP contribution in [0.2, 0.25) is 5.02 Å². The Morgan fingerprint density at radius 2 is 1.75 bits per heavy atom. The van der Waals surface area contributed by atoms with Crippen LogP contribution in [-0.2, 0) is 11.3 Å². The van der Waals surface area contributed by atoms with E-state index in [2.05, 4.69) is 15.3 Å². The Kier molecular flexibility index (Phi) is 6.37. The Balaban J connectivity index is 1.31. The molecule has 0 aliphatic heterocycles. The minimum absolute atomic E-state index is 0.104. The number of Topliss-reactive ketones (excluding diaryl/α,β-unsaturated/α-hetero) is 1. The molecule has 4 rings (SSSR count). The predicted molar refractivity (Wildman–Crippen MR) is 119 cm³/mol. The summed E-state index contributed by atoms with van der Waals surface area (Å²) in [6, 6.07) is 12.6. The average molecular weight is 452 g/mol. The fourth-order valence-corrected chi connectivity index (χ4v) is 3.56. The number of halogens is 1. The second kappa shape index (κ2) is 9.36. The number of aromatic nitrogens is 2. The van der Waals surface area contributed by atoms with E-state index < -0.39 is 5.41 Å². The van der Waals surface area contributed by atoms with Crippen LogP contribution in [0.4, 0.5) is 0 Å². The zero-order chi connectivity index (χ0) is 22.6. The van der Waals surface area contributed by atoms with Gasteiger partial charge in [-0.25, -0.2) is 9.97 Å². The number of ether oxygens (including phenoxy) is 2. The Labute approximate surface area is 190 Å². The highest BCUT2D eigenvalue weighted by molar-refractivity contribution is 6.32. The monoisotopic (exact) mass is 451 g/mol. The summed E-state index contributed by atoms with van der Waals surface area (Å²) in [5.41, 5.74) is 0.727. The maximum Gasteiger partial charge on any atom is 0.226 e. The van der Waals surface area contributed by atoms with E-state index in [0.717, 1.165) is 5.56 Å². The Morgan fingerprint density at radius 3 is 2.38 bits per heavy atom. The fourth-order valence-electron chi connectivity index (χ4n) is 3.35. The van der Waals surface area contributed by atoms with E-state index in [1.165, 1.54) is 18.7 Å². The third-order valence-corrected chi connectivity index (χ3v) is 5.76. The molecule has 1 aromatic heterocycles. The van der Waals surface area contributed by atoms with Gasteiger partial charge in [0.2, 0.25) is 5.91 Å². The van der Waals surface area contributed by atoms with Crippen molar-refractivity contribution >= 4 is 23.3 Å². The number of ketones is 1. The van der Waals surface area contributed by atoms with Gasteiger partial charge in [-0.1, -0.05) is 23.7 Å². The molecule has 1 fully saturated rings. The molecule has 1 heterocycles. The van der Waals surface area contributed by atoms with Crippen molar-refractivity contribution in [3.8, 4) is 17.2 Å². The number of amides is 1. The largest absolute Gasteiger partial charge is 0.497 e. The summed E-state index contributed by atoms with van der Waals surface area (Å²) in [6.45, 7) is 0.368. The molecule has 3 aromatic rings. The topological polar surface area (TPSA) is 90.4 Å². The molecular formula is C24H22ClN3O4. The number of hydrogen-bond donors (Lipinski definition) is 1. The number of hydrogen-bond acceptors (Lipinski definition) is 6. The summed E-state index contributed by atoms with van der Waals surface area (Å²) in [4.78, 5) is 32.9. The van der Waals surface area contributed by atoms with Gasteiger partial charge in [0.1, 0.15) is 23.6 Å². The lowest BCUT2D eigenvalue weighted by Crippen LogP contribution is -2.33. The van der Waals surface area contributed by atoms with Crippen molar-refractivity contribution < 1.29 is 19.1 Å². The molecule has 7 nitrogen and oxygen atoms in total. The maximum absolute atomic E-state index is 12.7. The first kappa shape index (κ1) is 21.8. The molecule has 32 heavy (non-hydrogen) atoms. The number of nitrogens with zero attached hydrogens (tertiary/aromatic N) is 2. The van der Waals surface area contributed by atoms with E-state index in [-0.39, 0.29) is 18.1 Å². The summed E-state index contributed by atoms with van der Waals surface area (Å²) in [5, 5.41) is 3.40. The number of nitrogens with one attached hydrogen (secondary N) is 1. The highest BCUT2D eigenvalue weighted by Gasteiger charge is 2.50. The first-order valence-electron chi connectivity index (χ1n) is 10.2. The lowest BCUT2D eigenvalue weighted by atomic mass is 9.95. The van der Waals surface area contributed by atoms with Gasteiger partial charge < -0.3 is 14.8 Å². The highest BCUT2D eigenvalue weighted by atomic mass is 35.5. The van der Waals surface area contributed by atoms with Gasteiger partial charge in [-0.2, -0.15) is 0 Å². The quantitative estimate of drug-likeness (QED) is 0.478. The average Bonchev–Trinajstić information content (AvgIpc) is 3.61. The predicted octanol–water partition coefficient (Wildman–Crippen LogP) is 4.60. The number of methoxy groups -OCH3 is 1. The van der Waals surface area contributed by atoms with Crippen LogP contribution < -0.4 is 14.8 Å². The van der Waals surface area contributed by atoms with Crippen LogP contribution in [0.1, 0.15) is 35.2 Å². The van der Waals surface area contributed by atoms with E-state index in [1.54, 1.807) is 25.3 Å². The second-order valence-corrected chi connectivity index (χ2v) is 8.14. The summed E-state index contributed by atoms with van der Waals surface area (Å²) in [7, 11) is 1.57. The molecule has 1 saturated carbocycles. The number of benzene rings is 2. The Morgan fingerprint density at radius 1 is 1.06 bits per heavy atom. The van der Waals surface area contributed by atoms with Gasteiger partial charge >= 0.3 is 0 Å². The molecule has 1 aliphatic rings. The molecule has 8 heteroatoms. The third kappa shape index (κ3) is 5.06. The summed E-state index contributed by atoms with van der Waals surface area (Å²) in [6.07, 6.45) is 5.90. The van der Waals surface area contributed by atoms with Crippen LogP contribution in [0.15, 0.2) is 61.2 Å². The molecule has 0 saturated heterocycles. The minimum Gasteiger partial charge on any atom is -0.497 e. The zero-order valence-corrected chi connectivity index (χ0v) is 18.3. The van der Waals surface area contributed by atoms with Crippen molar-refractivity contribution in [1.82, 2.24) is 15.3 Å². The van der Waals surface area contributed by atoms with Crippen molar-refractivity contribution in [1.29, 1.82) is 0 Å². The molecule has 1 amide bonds. The smallest absolute Gasteiger partial charge is 0.226 e. The van der Waals surface area contributed by atoms with Crippen LogP contribution in [0, 0.1) is 5.41 Å². The first-order valence-corrected chi connectivity index (χ1v) is 10.5. The minimum atomic E-state index is -0.624. The fraction of sp³-hybridized carbons (Fsp3) is 0.250. The van der Waals surface area contributed by atoms with Gasteiger partial charge in [0.25, 0.3) is 0 Å². The van der Waals surface area contributed by atoms with E-state index in [0.29, 0.717) is 47.2 Å². The van der Waals surface area contributed by atoms with Crippen molar-refractivity contribution in [2.45, 2.75) is 25.8 Å². The van der Waals surface area contributed by atoms with Gasteiger partial charge in [0.05, 0.1) is 23.1 Å². The van der Waals surface area contributed by atoms with Crippen molar-refractivity contribution in [2.24, 2.45) is 5.41 Å². The standard InChI is InChI=1S/C24H22ClN3O4/c1-31-19-6-7-22(20(25)10-19)32-18-4-2-16(3-5-18)12-28-23(30)24(8-9-24)11-21(29)17-13-26-15-27-14-17/h2-7,10,13-15H,8-9,11-12H2,1H3,(H,28,30). The summed E-state index contributed by atoms with van der Waals surface area (Å²) in [5.74, 6) is 1.59. The van der Waals surface area contributed by atoms with Gasteiger partial charge in [-0.3, -0.25) is 9.59 Å². The lowest BCUT2D eigenvalue weighted by Gasteiger charge is -2.15. The van der Waals surface area contributed by atoms with Gasteiger partial charge in [-0.15, -0.1) is 0 Å². The van der Waals surface area contributed by atoms with Crippen LogP contribution in [0.3, 0.4) is 0 Å². The highest BCUT2D eigenvalue weighted by Crippen LogP contribution is 2.49. The molecule has 0 atom stereocenters. The number of carbonyl (C=O) groups is 2. The zero-order valence-electron chi connectivity index (χ0n) is 17.5. The maximum atomic E-state index is 12.7. The SMILES string of the molecule is COc1ccc(Oc2ccc(CNC(=O)C3(CC(=O)c4cncnc4)CC3)cc2)c(Cl)c1. The van der Waals surface area contributed by atoms with E-state index in [9.17, 15) is 9.59 Å².